The number of para-hydroxylation sites is 2. The maximum absolute atomic E-state index is 14.0. The number of nitrogens with zero attached hydrogens (tertiary/aromatic N) is 7. The molecule has 0 saturated carbocycles. The molecule has 14 nitrogen and oxygen atoms in total. The lowest BCUT2D eigenvalue weighted by atomic mass is 10.0. The van der Waals surface area contributed by atoms with Crippen molar-refractivity contribution in [2.24, 2.45) is 28.1 Å². The number of carbonyl (C=O) groups is 1. The van der Waals surface area contributed by atoms with Crippen LogP contribution in [-0.2, 0) is 24.4 Å². The number of halogens is 2. The van der Waals surface area contributed by atoms with Crippen LogP contribution >= 0.6 is 24.8 Å². The van der Waals surface area contributed by atoms with Gasteiger partial charge in [-0.1, -0.05) is 97.4 Å². The van der Waals surface area contributed by atoms with Gasteiger partial charge in [0.25, 0.3) is 0 Å². The van der Waals surface area contributed by atoms with Crippen LogP contribution in [0.1, 0.15) is 75.4 Å². The normalized spacial score (nSPS) is 11.9. The Kier molecular flexibility index (Phi) is 19.8. The lowest BCUT2D eigenvalue weighted by Gasteiger charge is -2.23. The molecule has 0 radical (unpaired) electrons. The first-order chi connectivity index (χ1) is 26.8. The van der Waals surface area contributed by atoms with E-state index < -0.39 is 6.04 Å². The third-order valence-corrected chi connectivity index (χ3v) is 9.08. The van der Waals surface area contributed by atoms with E-state index in [0.29, 0.717) is 63.5 Å². The second-order valence-corrected chi connectivity index (χ2v) is 14.1. The molecule has 0 bridgehead atoms. The van der Waals surface area contributed by atoms with Gasteiger partial charge in [-0.2, -0.15) is 0 Å². The molecule has 0 aliphatic rings. The molecule has 0 fully saturated rings. The molecule has 1 amide bonds. The lowest BCUT2D eigenvalue weighted by Crippen LogP contribution is -2.42. The highest BCUT2D eigenvalue weighted by Gasteiger charge is 2.25. The van der Waals surface area contributed by atoms with Gasteiger partial charge >= 0.3 is 0 Å². The highest BCUT2D eigenvalue weighted by molar-refractivity contribution is 5.85. The topological polar surface area (TPSA) is 199 Å². The Morgan fingerprint density at radius 1 is 0.789 bits per heavy atom. The first-order valence-electron chi connectivity index (χ1n) is 19.1. The second kappa shape index (κ2) is 24.5. The number of rotatable bonds is 23. The second-order valence-electron chi connectivity index (χ2n) is 14.1. The molecular weight excluding hydrogens is 765 g/mol. The van der Waals surface area contributed by atoms with E-state index in [1.54, 1.807) is 9.36 Å². The van der Waals surface area contributed by atoms with Crippen molar-refractivity contribution in [2.45, 2.75) is 84.0 Å². The van der Waals surface area contributed by atoms with E-state index in [0.717, 1.165) is 53.1 Å². The van der Waals surface area contributed by atoms with E-state index in [4.69, 9.17) is 26.7 Å². The summed E-state index contributed by atoms with van der Waals surface area (Å²) >= 11 is 0. The van der Waals surface area contributed by atoms with Crippen molar-refractivity contribution in [3.63, 3.8) is 0 Å². The highest BCUT2D eigenvalue weighted by Crippen LogP contribution is 2.36. The quantitative estimate of drug-likeness (QED) is 0.0350. The summed E-state index contributed by atoms with van der Waals surface area (Å²) in [5.41, 5.74) is 21.4. The molecule has 0 aliphatic carbocycles. The zero-order chi connectivity index (χ0) is 38.8. The Labute approximate surface area is 347 Å². The number of amides is 1. The van der Waals surface area contributed by atoms with Crippen molar-refractivity contribution >= 4 is 36.7 Å². The van der Waals surface area contributed by atoms with E-state index in [-0.39, 0.29) is 49.3 Å². The summed E-state index contributed by atoms with van der Waals surface area (Å²) in [5, 5.41) is 20.8. The summed E-state index contributed by atoms with van der Waals surface area (Å²) in [6, 6.07) is 25.1. The van der Waals surface area contributed by atoms with E-state index >= 15 is 0 Å². The fraction of sp³-hybridized carbons (Fsp3) is 0.415. The fourth-order valence-corrected chi connectivity index (χ4v) is 6.18. The third kappa shape index (κ3) is 15.0. The Hall–Kier alpha value is -5.18. The molecule has 5 aromatic rings. The maximum atomic E-state index is 14.0. The van der Waals surface area contributed by atoms with Gasteiger partial charge in [0.2, 0.25) is 5.91 Å². The number of benzene rings is 3. The van der Waals surface area contributed by atoms with Crippen molar-refractivity contribution in [2.75, 3.05) is 19.7 Å². The molecule has 3 aromatic carbocycles. The zero-order valence-electron chi connectivity index (χ0n) is 32.8. The van der Waals surface area contributed by atoms with Crippen LogP contribution in [0.5, 0.6) is 11.5 Å². The number of guanidine groups is 1. The van der Waals surface area contributed by atoms with Gasteiger partial charge in [-0.3, -0.25) is 14.5 Å². The van der Waals surface area contributed by atoms with E-state index in [9.17, 15) is 4.79 Å². The number of unbranched alkanes of at least 4 members (excludes halogenated alkanes) is 1. The summed E-state index contributed by atoms with van der Waals surface area (Å²) in [5.74, 6) is 1.93. The summed E-state index contributed by atoms with van der Waals surface area (Å²) in [6.07, 6.45) is 8.69. The molecule has 0 aliphatic heterocycles. The van der Waals surface area contributed by atoms with Crippen LogP contribution in [-0.4, -0.2) is 67.6 Å². The minimum Gasteiger partial charge on any atom is -0.493 e. The van der Waals surface area contributed by atoms with Crippen LogP contribution < -0.4 is 32.0 Å². The summed E-state index contributed by atoms with van der Waals surface area (Å²) < 4.78 is 15.9. The van der Waals surface area contributed by atoms with Crippen LogP contribution in [0.2, 0.25) is 0 Å². The monoisotopic (exact) mass is 821 g/mol. The number of ether oxygens (including phenoxy) is 2. The predicted molar refractivity (Wildman–Crippen MR) is 229 cm³/mol. The summed E-state index contributed by atoms with van der Waals surface area (Å²) in [7, 11) is 0. The molecule has 2 aromatic heterocycles. The smallest absolute Gasteiger partial charge is 0.245 e. The largest absolute Gasteiger partial charge is 0.493 e. The van der Waals surface area contributed by atoms with Gasteiger partial charge in [-0.25, -0.2) is 4.68 Å². The fourth-order valence-electron chi connectivity index (χ4n) is 6.18. The Balaban J connectivity index is 0.00000435. The first kappa shape index (κ1) is 46.2. The van der Waals surface area contributed by atoms with Gasteiger partial charge < -0.3 is 32.0 Å². The average molecular weight is 823 g/mol. The lowest BCUT2D eigenvalue weighted by molar-refractivity contribution is -0.125. The van der Waals surface area contributed by atoms with Crippen LogP contribution in [0, 0.1) is 5.92 Å². The molecule has 308 valence electrons. The average Bonchev–Trinajstić information content (AvgIpc) is 3.84. The molecule has 7 N–H and O–H groups in total. The van der Waals surface area contributed by atoms with Crippen LogP contribution in [0.3, 0.4) is 0 Å². The van der Waals surface area contributed by atoms with E-state index in [1.165, 1.54) is 0 Å². The number of hydrogen-bond acceptors (Lipinski definition) is 9. The standard InChI is InChI=1S/C41H55N11O3.2ClH/c1-30(2)21-24-54-38-19-8-6-16-35(38)36-17-7-9-20-39(36)55-29-34-27-51(49-48-34)26-32(15-10-11-22-42)46-40(53)37(18-12-23-45-41(43)44)52-28-33(47-50-52)25-31-13-4-3-5-14-31;;/h3-9,13-14,16-17,19-20,27-28,30,32,37H,10-12,15,18,21-26,29,42H2,1-2H3,(H,46,53)(H4,43,44,45);2*1H/t32-,37-;;/m1../s1. The molecule has 57 heavy (non-hydrogen) atoms. The number of aromatic nitrogens is 6. The maximum Gasteiger partial charge on any atom is 0.245 e. The number of nitrogens with two attached hydrogens (primary N) is 3. The molecular formula is C41H57Cl2N11O3. The molecule has 2 heterocycles. The van der Waals surface area contributed by atoms with E-state index in [2.05, 4.69) is 44.8 Å². The van der Waals surface area contributed by atoms with Gasteiger partial charge in [0.15, 0.2) is 5.96 Å². The van der Waals surface area contributed by atoms with Crippen molar-refractivity contribution in [3.05, 3.63) is 108 Å². The molecule has 0 spiro atoms. The number of hydrogen-bond donors (Lipinski definition) is 4. The first-order valence-corrected chi connectivity index (χ1v) is 19.1. The Bertz CT molecular complexity index is 1930. The minimum absolute atomic E-state index is 0. The zero-order valence-corrected chi connectivity index (χ0v) is 34.4. The van der Waals surface area contributed by atoms with E-state index in [1.807, 2.05) is 91.3 Å². The SMILES string of the molecule is CC(C)CCOc1ccccc1-c1ccccc1OCc1cn(C[C@@H](CCCCN)NC(=O)[C@@H](CCCN=C(N)N)n2cc(Cc3ccccc3)nn2)nn1.Cl.Cl. The number of aliphatic imine (C=N–C) groups is 1. The molecule has 2 atom stereocenters. The minimum atomic E-state index is -0.617. The van der Waals surface area contributed by atoms with Gasteiger partial charge in [-0.15, -0.1) is 35.0 Å². The molecule has 0 saturated heterocycles. The summed E-state index contributed by atoms with van der Waals surface area (Å²) in [4.78, 5) is 18.1. The summed E-state index contributed by atoms with van der Waals surface area (Å²) in [6.45, 7) is 6.61. The Morgan fingerprint density at radius 2 is 1.46 bits per heavy atom. The number of nitrogens with one attached hydrogen (secondary N) is 1. The van der Waals surface area contributed by atoms with Gasteiger partial charge in [0, 0.05) is 36.3 Å². The molecule has 5 rings (SSSR count). The van der Waals surface area contributed by atoms with Crippen LogP contribution in [0.15, 0.2) is 96.2 Å². The molecule has 16 heteroatoms. The van der Waals surface area contributed by atoms with Crippen molar-refractivity contribution in [1.82, 2.24) is 35.3 Å². The highest BCUT2D eigenvalue weighted by atomic mass is 35.5. The van der Waals surface area contributed by atoms with Crippen LogP contribution in [0.4, 0.5) is 0 Å². The van der Waals surface area contributed by atoms with Crippen molar-refractivity contribution in [1.29, 1.82) is 0 Å². The third-order valence-electron chi connectivity index (χ3n) is 9.08. The van der Waals surface area contributed by atoms with Crippen LogP contribution in [0.25, 0.3) is 11.1 Å². The molecule has 0 unspecified atom stereocenters. The van der Waals surface area contributed by atoms with Crippen molar-refractivity contribution in [3.8, 4) is 22.6 Å². The van der Waals surface area contributed by atoms with Gasteiger partial charge in [0.05, 0.1) is 25.0 Å². The number of carbonyl (C=O) groups excluding carboxylic acids is 1. The Morgan fingerprint density at radius 3 is 2.14 bits per heavy atom. The predicted octanol–water partition coefficient (Wildman–Crippen LogP) is 5.88. The van der Waals surface area contributed by atoms with Crippen molar-refractivity contribution < 1.29 is 14.3 Å². The van der Waals surface area contributed by atoms with Gasteiger partial charge in [-0.05, 0) is 62.3 Å². The van der Waals surface area contributed by atoms with Gasteiger partial charge in [0.1, 0.15) is 29.8 Å².